The second-order valence-electron chi connectivity index (χ2n) is 6.59. The fourth-order valence-electron chi connectivity index (χ4n) is 3.28. The molecule has 0 spiro atoms. The van der Waals surface area contributed by atoms with Gasteiger partial charge in [0.1, 0.15) is 5.82 Å². The zero-order valence-corrected chi connectivity index (χ0v) is 15.5. The number of ether oxygens (including phenoxy) is 2. The number of carbonyl (C=O) groups is 2. The first kappa shape index (κ1) is 17.7. The lowest BCUT2D eigenvalue weighted by molar-refractivity contribution is -0.115. The molecule has 1 aromatic carbocycles. The third kappa shape index (κ3) is 4.19. The molecular formula is C18H20N4O4S. The Morgan fingerprint density at radius 3 is 2.81 bits per heavy atom. The number of carbonyl (C=O) groups excluding carboxylic acids is 2. The van der Waals surface area contributed by atoms with Crippen LogP contribution in [0.5, 0.6) is 11.5 Å². The number of rotatable bonds is 5. The van der Waals surface area contributed by atoms with Gasteiger partial charge < -0.3 is 14.8 Å². The Hall–Kier alpha value is -2.68. The van der Waals surface area contributed by atoms with Gasteiger partial charge in [0.2, 0.25) is 17.8 Å². The van der Waals surface area contributed by atoms with Gasteiger partial charge in [0.05, 0.1) is 6.54 Å². The van der Waals surface area contributed by atoms with Crippen molar-refractivity contribution in [1.82, 2.24) is 14.7 Å². The molecule has 0 saturated heterocycles. The van der Waals surface area contributed by atoms with Crippen molar-refractivity contribution in [2.45, 2.75) is 38.0 Å². The summed E-state index contributed by atoms with van der Waals surface area (Å²) >= 11 is 1.18. The minimum atomic E-state index is -0.358. The molecule has 2 aliphatic rings. The molecule has 2 N–H and O–H groups in total. The van der Waals surface area contributed by atoms with Crippen molar-refractivity contribution in [3.8, 4) is 11.5 Å². The van der Waals surface area contributed by atoms with E-state index in [1.54, 1.807) is 18.2 Å². The van der Waals surface area contributed by atoms with Crippen LogP contribution in [0.15, 0.2) is 18.2 Å². The first-order chi connectivity index (χ1) is 13.2. The summed E-state index contributed by atoms with van der Waals surface area (Å²) in [7, 11) is 0. The summed E-state index contributed by atoms with van der Waals surface area (Å²) in [5.74, 6) is 1.65. The van der Waals surface area contributed by atoms with Crippen molar-refractivity contribution in [2.24, 2.45) is 0 Å². The van der Waals surface area contributed by atoms with Gasteiger partial charge in [-0.25, -0.2) is 4.98 Å². The minimum Gasteiger partial charge on any atom is -0.454 e. The average molecular weight is 388 g/mol. The molecule has 2 aromatic rings. The summed E-state index contributed by atoms with van der Waals surface area (Å²) in [4.78, 5) is 28.7. The second kappa shape index (κ2) is 7.91. The predicted octanol–water partition coefficient (Wildman–Crippen LogP) is 2.68. The summed E-state index contributed by atoms with van der Waals surface area (Å²) in [6.07, 6.45) is 5.90. The van der Waals surface area contributed by atoms with Gasteiger partial charge >= 0.3 is 0 Å². The van der Waals surface area contributed by atoms with E-state index in [4.69, 9.17) is 9.47 Å². The van der Waals surface area contributed by atoms with E-state index in [1.165, 1.54) is 30.8 Å². The summed E-state index contributed by atoms with van der Waals surface area (Å²) < 4.78 is 14.8. The van der Waals surface area contributed by atoms with Crippen molar-refractivity contribution in [3.05, 3.63) is 29.6 Å². The molecule has 9 heteroatoms. The van der Waals surface area contributed by atoms with E-state index in [9.17, 15) is 9.59 Å². The van der Waals surface area contributed by atoms with E-state index in [1.807, 2.05) is 0 Å². The topological polar surface area (TPSA) is 102 Å². The highest BCUT2D eigenvalue weighted by Crippen LogP contribution is 2.33. The highest BCUT2D eigenvalue weighted by atomic mass is 32.1. The zero-order valence-electron chi connectivity index (χ0n) is 14.7. The third-order valence-electron chi connectivity index (χ3n) is 4.70. The number of nitrogens with one attached hydrogen (secondary N) is 2. The lowest BCUT2D eigenvalue weighted by atomic mass is 9.89. The number of hydrogen-bond acceptors (Lipinski definition) is 7. The van der Waals surface area contributed by atoms with Gasteiger partial charge in [-0.1, -0.05) is 19.3 Å². The van der Waals surface area contributed by atoms with Crippen LogP contribution in [0, 0.1) is 0 Å². The Labute approximate surface area is 160 Å². The Morgan fingerprint density at radius 2 is 1.96 bits per heavy atom. The smallest absolute Gasteiger partial charge is 0.251 e. The Balaban J connectivity index is 1.28. The third-order valence-corrected chi connectivity index (χ3v) is 5.35. The molecule has 142 valence electrons. The summed E-state index contributed by atoms with van der Waals surface area (Å²) in [5.41, 5.74) is 0.405. The van der Waals surface area contributed by atoms with Crippen LogP contribution in [0.2, 0.25) is 0 Å². The van der Waals surface area contributed by atoms with Crippen molar-refractivity contribution >= 4 is 28.5 Å². The van der Waals surface area contributed by atoms with Gasteiger partial charge in [0, 0.05) is 23.0 Å². The predicted molar refractivity (Wildman–Crippen MR) is 99.3 cm³/mol. The summed E-state index contributed by atoms with van der Waals surface area (Å²) in [6.45, 7) is -0.000870. The fraction of sp³-hybridized carbons (Fsp3) is 0.444. The van der Waals surface area contributed by atoms with E-state index in [2.05, 4.69) is 20.0 Å². The number of aromatic nitrogens is 2. The quantitative estimate of drug-likeness (QED) is 0.816. The fourth-order valence-corrected chi connectivity index (χ4v) is 3.94. The summed E-state index contributed by atoms with van der Waals surface area (Å²) in [6, 6.07) is 4.89. The van der Waals surface area contributed by atoms with Gasteiger partial charge in [-0.05, 0) is 31.0 Å². The highest BCUT2D eigenvalue weighted by molar-refractivity contribution is 7.09. The Morgan fingerprint density at radius 1 is 1.15 bits per heavy atom. The van der Waals surface area contributed by atoms with Crippen LogP contribution in [0.3, 0.4) is 0 Å². The molecule has 0 unspecified atom stereocenters. The van der Waals surface area contributed by atoms with Crippen LogP contribution in [0.25, 0.3) is 0 Å². The lowest BCUT2D eigenvalue weighted by Crippen LogP contribution is -2.32. The first-order valence-corrected chi connectivity index (χ1v) is 9.78. The van der Waals surface area contributed by atoms with Crippen molar-refractivity contribution in [3.63, 3.8) is 0 Å². The van der Waals surface area contributed by atoms with Crippen LogP contribution >= 0.6 is 11.5 Å². The largest absolute Gasteiger partial charge is 0.454 e. The maximum Gasteiger partial charge on any atom is 0.251 e. The summed E-state index contributed by atoms with van der Waals surface area (Å²) in [5, 5.41) is 5.76. The van der Waals surface area contributed by atoms with Crippen LogP contribution in [-0.2, 0) is 4.79 Å². The van der Waals surface area contributed by atoms with Crippen molar-refractivity contribution in [1.29, 1.82) is 0 Å². The average Bonchev–Trinajstić information content (AvgIpc) is 3.35. The van der Waals surface area contributed by atoms with E-state index in [0.717, 1.165) is 18.7 Å². The van der Waals surface area contributed by atoms with Crippen molar-refractivity contribution < 1.29 is 19.1 Å². The molecule has 2 heterocycles. The molecule has 0 bridgehead atoms. The van der Waals surface area contributed by atoms with E-state index >= 15 is 0 Å². The monoisotopic (exact) mass is 388 g/mol. The molecule has 1 fully saturated rings. The van der Waals surface area contributed by atoms with Gasteiger partial charge in [-0.2, -0.15) is 4.37 Å². The van der Waals surface area contributed by atoms with Gasteiger partial charge in [0.15, 0.2) is 11.5 Å². The number of benzene rings is 1. The van der Waals surface area contributed by atoms with Crippen LogP contribution in [0.1, 0.15) is 54.2 Å². The van der Waals surface area contributed by atoms with Crippen molar-refractivity contribution in [2.75, 3.05) is 18.7 Å². The Kier molecular flexibility index (Phi) is 5.19. The highest BCUT2D eigenvalue weighted by Gasteiger charge is 2.21. The lowest BCUT2D eigenvalue weighted by Gasteiger charge is -2.18. The molecule has 1 saturated carbocycles. The number of fused-ring (bicyclic) bond motifs is 1. The van der Waals surface area contributed by atoms with Gasteiger partial charge in [-0.15, -0.1) is 0 Å². The number of nitrogens with zero attached hydrogens (tertiary/aromatic N) is 2. The van der Waals surface area contributed by atoms with E-state index in [0.29, 0.717) is 28.1 Å². The standard InChI is InChI=1S/C18H20N4O4S/c23-15(20-18-21-16(22-27-18)11-4-2-1-3-5-11)9-19-17(24)12-6-7-13-14(8-12)26-10-25-13/h6-8,11H,1-5,9-10H2,(H,19,24)(H,20,21,22,23). The molecule has 0 atom stereocenters. The molecule has 1 aliphatic heterocycles. The second-order valence-corrected chi connectivity index (χ2v) is 7.34. The molecule has 27 heavy (non-hydrogen) atoms. The minimum absolute atomic E-state index is 0.146. The molecule has 1 aromatic heterocycles. The van der Waals surface area contributed by atoms with E-state index in [-0.39, 0.29) is 25.2 Å². The number of anilines is 1. The SMILES string of the molecule is O=C(CNC(=O)c1ccc2c(c1)OCO2)Nc1nc(C2CCCCC2)ns1. The molecule has 0 radical (unpaired) electrons. The maximum atomic E-state index is 12.2. The Bertz CT molecular complexity index is 848. The van der Waals surface area contributed by atoms with Gasteiger partial charge in [-0.3, -0.25) is 14.9 Å². The molecule has 2 amide bonds. The zero-order chi connectivity index (χ0) is 18.6. The number of amides is 2. The van der Waals surface area contributed by atoms with E-state index < -0.39 is 0 Å². The van der Waals surface area contributed by atoms with Crippen LogP contribution < -0.4 is 20.1 Å². The maximum absolute atomic E-state index is 12.2. The first-order valence-electron chi connectivity index (χ1n) is 9.00. The van der Waals surface area contributed by atoms with Crippen LogP contribution in [-0.4, -0.2) is 34.5 Å². The molecule has 1 aliphatic carbocycles. The van der Waals surface area contributed by atoms with Crippen LogP contribution in [0.4, 0.5) is 5.13 Å². The van der Waals surface area contributed by atoms with Gasteiger partial charge in [0.25, 0.3) is 5.91 Å². The molecule has 4 rings (SSSR count). The number of hydrogen-bond donors (Lipinski definition) is 2. The molecule has 8 nitrogen and oxygen atoms in total. The normalized spacial score (nSPS) is 16.1. The molecular weight excluding hydrogens is 368 g/mol.